The maximum Gasteiger partial charge on any atom is 0.329 e. The van der Waals surface area contributed by atoms with Crippen molar-refractivity contribution < 1.29 is 19.5 Å². The second-order valence-corrected chi connectivity index (χ2v) is 5.64. The number of phenols is 1. The van der Waals surface area contributed by atoms with Gasteiger partial charge in [-0.2, -0.15) is 5.06 Å². The smallest absolute Gasteiger partial charge is 0.329 e. The SMILES string of the molecule is CCCCCCC(CC)N(OC(C)=O)C(=O)c1ccccc1O. The first-order valence-electron chi connectivity index (χ1n) is 8.31. The lowest BCUT2D eigenvalue weighted by molar-refractivity contribution is -0.184. The minimum Gasteiger partial charge on any atom is -0.507 e. The fraction of sp³-hybridized carbons (Fsp3) is 0.556. The van der Waals surface area contributed by atoms with Crippen LogP contribution >= 0.6 is 0 Å². The first-order chi connectivity index (χ1) is 11.0. The molecule has 0 saturated heterocycles. The minimum atomic E-state index is -0.541. The number of carbonyl (C=O) groups is 2. The molecule has 0 radical (unpaired) electrons. The van der Waals surface area contributed by atoms with Crippen molar-refractivity contribution in [2.24, 2.45) is 0 Å². The van der Waals surface area contributed by atoms with Gasteiger partial charge in [0.05, 0.1) is 11.6 Å². The van der Waals surface area contributed by atoms with Crippen molar-refractivity contribution in [3.8, 4) is 5.75 Å². The summed E-state index contributed by atoms with van der Waals surface area (Å²) in [6.45, 7) is 5.37. The molecular formula is C18H27NO4. The zero-order valence-corrected chi connectivity index (χ0v) is 14.2. The van der Waals surface area contributed by atoms with Gasteiger partial charge in [-0.25, -0.2) is 0 Å². The van der Waals surface area contributed by atoms with Gasteiger partial charge in [0.25, 0.3) is 5.91 Å². The van der Waals surface area contributed by atoms with Crippen molar-refractivity contribution in [1.29, 1.82) is 0 Å². The molecule has 1 N–H and O–H groups in total. The Labute approximate surface area is 138 Å². The second kappa shape index (κ2) is 9.87. The number of amides is 1. The first-order valence-corrected chi connectivity index (χ1v) is 8.31. The molecule has 0 bridgehead atoms. The molecule has 0 aromatic heterocycles. The van der Waals surface area contributed by atoms with Gasteiger partial charge >= 0.3 is 5.97 Å². The molecule has 0 spiro atoms. The van der Waals surface area contributed by atoms with E-state index < -0.39 is 11.9 Å². The molecule has 1 atom stereocenters. The van der Waals surface area contributed by atoms with E-state index in [-0.39, 0.29) is 17.4 Å². The molecule has 128 valence electrons. The molecule has 5 heteroatoms. The Hall–Kier alpha value is -2.04. The number of rotatable bonds is 8. The number of hydrogen-bond donors (Lipinski definition) is 1. The molecule has 1 aromatic rings. The summed E-state index contributed by atoms with van der Waals surface area (Å²) in [7, 11) is 0. The van der Waals surface area contributed by atoms with Crippen molar-refractivity contribution in [1.82, 2.24) is 5.06 Å². The maximum absolute atomic E-state index is 12.7. The number of benzene rings is 1. The number of carbonyl (C=O) groups excluding carboxylic acids is 2. The molecule has 0 aliphatic rings. The third kappa shape index (κ3) is 5.93. The van der Waals surface area contributed by atoms with E-state index in [1.165, 1.54) is 19.1 Å². The summed E-state index contributed by atoms with van der Waals surface area (Å²) in [5.74, 6) is -1.14. The minimum absolute atomic E-state index is 0.115. The number of para-hydroxylation sites is 1. The van der Waals surface area contributed by atoms with Crippen LogP contribution < -0.4 is 0 Å². The molecule has 1 amide bonds. The third-order valence-corrected chi connectivity index (χ3v) is 3.76. The van der Waals surface area contributed by atoms with E-state index in [9.17, 15) is 14.7 Å². The van der Waals surface area contributed by atoms with Gasteiger partial charge < -0.3 is 9.94 Å². The summed E-state index contributed by atoms with van der Waals surface area (Å²) < 4.78 is 0. The number of unbranched alkanes of at least 4 members (excludes halogenated alkanes) is 3. The zero-order valence-electron chi connectivity index (χ0n) is 14.2. The summed E-state index contributed by atoms with van der Waals surface area (Å²) in [6.07, 6.45) is 5.80. The van der Waals surface area contributed by atoms with Crippen LogP contribution in [0.5, 0.6) is 5.75 Å². The van der Waals surface area contributed by atoms with Gasteiger partial charge in [-0.1, -0.05) is 51.7 Å². The van der Waals surface area contributed by atoms with E-state index >= 15 is 0 Å². The largest absolute Gasteiger partial charge is 0.507 e. The van der Waals surface area contributed by atoms with Crippen LogP contribution in [0, 0.1) is 0 Å². The van der Waals surface area contributed by atoms with Crippen molar-refractivity contribution in [3.05, 3.63) is 29.8 Å². The lowest BCUT2D eigenvalue weighted by Gasteiger charge is -2.29. The topological polar surface area (TPSA) is 66.8 Å². The first kappa shape index (κ1) is 19.0. The van der Waals surface area contributed by atoms with Crippen molar-refractivity contribution in [2.45, 2.75) is 65.3 Å². The third-order valence-electron chi connectivity index (χ3n) is 3.76. The predicted octanol–water partition coefficient (Wildman–Crippen LogP) is 4.06. The van der Waals surface area contributed by atoms with Gasteiger partial charge in [0.15, 0.2) is 0 Å². The molecule has 5 nitrogen and oxygen atoms in total. The highest BCUT2D eigenvalue weighted by atomic mass is 16.7. The van der Waals surface area contributed by atoms with E-state index in [0.717, 1.165) is 37.2 Å². The van der Waals surface area contributed by atoms with Crippen LogP contribution in [0.25, 0.3) is 0 Å². The van der Waals surface area contributed by atoms with Gasteiger partial charge in [0.2, 0.25) is 0 Å². The summed E-state index contributed by atoms with van der Waals surface area (Å²) in [4.78, 5) is 29.2. The summed E-state index contributed by atoms with van der Waals surface area (Å²) in [6, 6.07) is 6.09. The van der Waals surface area contributed by atoms with Crippen molar-refractivity contribution >= 4 is 11.9 Å². The Morgan fingerprint density at radius 1 is 1.17 bits per heavy atom. The van der Waals surface area contributed by atoms with Crippen LogP contribution in [0.3, 0.4) is 0 Å². The predicted molar refractivity (Wildman–Crippen MR) is 88.9 cm³/mol. The summed E-state index contributed by atoms with van der Waals surface area (Å²) in [5, 5.41) is 11.0. The number of aromatic hydroxyl groups is 1. The van der Waals surface area contributed by atoms with E-state index in [1.54, 1.807) is 12.1 Å². The van der Waals surface area contributed by atoms with E-state index in [4.69, 9.17) is 4.84 Å². The lowest BCUT2D eigenvalue weighted by atomic mass is 10.0. The Kier molecular flexibility index (Phi) is 8.16. The Bertz CT molecular complexity index is 515. The molecule has 0 heterocycles. The maximum atomic E-state index is 12.7. The quantitative estimate of drug-likeness (QED) is 0.579. The van der Waals surface area contributed by atoms with Gasteiger partial charge in [-0.05, 0) is 25.0 Å². The second-order valence-electron chi connectivity index (χ2n) is 5.64. The number of hydroxylamine groups is 2. The molecular weight excluding hydrogens is 294 g/mol. The molecule has 0 fully saturated rings. The van der Waals surface area contributed by atoms with Crippen molar-refractivity contribution in [2.75, 3.05) is 0 Å². The molecule has 0 aliphatic heterocycles. The van der Waals surface area contributed by atoms with Gasteiger partial charge in [0, 0.05) is 6.92 Å². The van der Waals surface area contributed by atoms with Gasteiger partial charge in [-0.15, -0.1) is 0 Å². The average Bonchev–Trinajstić information content (AvgIpc) is 2.53. The molecule has 1 unspecified atom stereocenters. The van der Waals surface area contributed by atoms with Crippen LogP contribution in [0.2, 0.25) is 0 Å². The fourth-order valence-electron chi connectivity index (χ4n) is 2.49. The molecule has 0 saturated carbocycles. The van der Waals surface area contributed by atoms with Crippen LogP contribution in [0.1, 0.15) is 69.7 Å². The van der Waals surface area contributed by atoms with E-state index in [0.29, 0.717) is 6.42 Å². The number of nitrogens with zero attached hydrogens (tertiary/aromatic N) is 1. The van der Waals surface area contributed by atoms with Gasteiger partial charge in [0.1, 0.15) is 5.75 Å². The number of hydrogen-bond acceptors (Lipinski definition) is 4. The molecule has 1 aromatic carbocycles. The normalized spacial score (nSPS) is 11.8. The van der Waals surface area contributed by atoms with Crippen molar-refractivity contribution in [3.63, 3.8) is 0 Å². The summed E-state index contributed by atoms with van der Waals surface area (Å²) >= 11 is 0. The summed E-state index contributed by atoms with van der Waals surface area (Å²) in [5.41, 5.74) is 0.140. The molecule has 0 aliphatic carbocycles. The molecule has 23 heavy (non-hydrogen) atoms. The monoisotopic (exact) mass is 321 g/mol. The Balaban J connectivity index is 2.90. The van der Waals surface area contributed by atoms with E-state index in [1.807, 2.05) is 6.92 Å². The van der Waals surface area contributed by atoms with Crippen LogP contribution in [-0.4, -0.2) is 28.1 Å². The number of phenolic OH excluding ortho intramolecular Hbond substituents is 1. The average molecular weight is 321 g/mol. The fourth-order valence-corrected chi connectivity index (χ4v) is 2.49. The standard InChI is InChI=1S/C18H27NO4/c1-4-6-7-8-11-15(5-2)19(23-14(3)20)18(22)16-12-9-10-13-17(16)21/h9-10,12-13,15,21H,4-8,11H2,1-3H3. The Morgan fingerprint density at radius 3 is 2.43 bits per heavy atom. The zero-order chi connectivity index (χ0) is 17.2. The van der Waals surface area contributed by atoms with Gasteiger partial charge in [-0.3, -0.25) is 9.59 Å². The Morgan fingerprint density at radius 2 is 1.87 bits per heavy atom. The highest BCUT2D eigenvalue weighted by Crippen LogP contribution is 2.22. The lowest BCUT2D eigenvalue weighted by Crippen LogP contribution is -2.41. The molecule has 1 rings (SSSR count). The highest BCUT2D eigenvalue weighted by molar-refractivity contribution is 5.96. The van der Waals surface area contributed by atoms with Crippen LogP contribution in [0.4, 0.5) is 0 Å². The van der Waals surface area contributed by atoms with Crippen LogP contribution in [-0.2, 0) is 9.63 Å². The highest BCUT2D eigenvalue weighted by Gasteiger charge is 2.28. The van der Waals surface area contributed by atoms with E-state index in [2.05, 4.69) is 6.92 Å². The van der Waals surface area contributed by atoms with Crippen LogP contribution in [0.15, 0.2) is 24.3 Å².